The van der Waals surface area contributed by atoms with Crippen LogP contribution in [0.5, 0.6) is 0 Å². The minimum atomic E-state index is 0.224. The van der Waals surface area contributed by atoms with Crippen LogP contribution in [0, 0.1) is 17.8 Å². The molecular weight excluding hydrogens is 262 g/mol. The first-order chi connectivity index (χ1) is 10.2. The average Bonchev–Trinajstić information content (AvgIpc) is 2.48. The number of carbonyl (C=O) groups excluding carboxylic acids is 1. The summed E-state index contributed by atoms with van der Waals surface area (Å²) in [6.07, 6.45) is 9.82. The lowest BCUT2D eigenvalue weighted by Crippen LogP contribution is -2.49. The predicted molar refractivity (Wildman–Crippen MR) is 84.8 cm³/mol. The number of nitrogens with one attached hydrogen (secondary N) is 1. The molecule has 0 spiro atoms. The summed E-state index contributed by atoms with van der Waals surface area (Å²) in [5.41, 5.74) is 6.31. The second-order valence-electron chi connectivity index (χ2n) is 7.39. The summed E-state index contributed by atoms with van der Waals surface area (Å²) in [5.74, 6) is 1.70. The van der Waals surface area contributed by atoms with E-state index in [9.17, 15) is 4.79 Å². The molecular formula is C17H31N3O. The number of amides is 1. The van der Waals surface area contributed by atoms with Crippen molar-refractivity contribution in [2.45, 2.75) is 57.4 Å². The zero-order chi connectivity index (χ0) is 14.7. The van der Waals surface area contributed by atoms with Crippen LogP contribution in [0.3, 0.4) is 0 Å². The van der Waals surface area contributed by atoms with Gasteiger partial charge in [0.2, 0.25) is 5.91 Å². The molecule has 0 aromatic heterocycles. The van der Waals surface area contributed by atoms with E-state index < -0.39 is 0 Å². The van der Waals surface area contributed by atoms with Gasteiger partial charge in [0.15, 0.2) is 0 Å². The number of rotatable bonds is 4. The standard InChI is InChI=1S/C17H31N3O/c18-16-13-5-4-6-14(16)12-15(11-13)17(21)19-7-10-20-8-2-1-3-9-20/h13-16H,1-12,18H2,(H,19,21). The summed E-state index contributed by atoms with van der Waals surface area (Å²) in [5, 5.41) is 3.18. The summed E-state index contributed by atoms with van der Waals surface area (Å²) in [6, 6.07) is 0.358. The zero-order valence-corrected chi connectivity index (χ0v) is 13.2. The minimum Gasteiger partial charge on any atom is -0.355 e. The smallest absolute Gasteiger partial charge is 0.223 e. The van der Waals surface area contributed by atoms with E-state index in [1.807, 2.05) is 0 Å². The Labute approximate surface area is 128 Å². The normalized spacial score (nSPS) is 37.2. The Morgan fingerprint density at radius 1 is 1.05 bits per heavy atom. The Morgan fingerprint density at radius 2 is 1.71 bits per heavy atom. The fourth-order valence-electron chi connectivity index (χ4n) is 4.67. The molecule has 3 aliphatic rings. The van der Waals surface area contributed by atoms with Gasteiger partial charge in [-0.15, -0.1) is 0 Å². The van der Waals surface area contributed by atoms with E-state index >= 15 is 0 Å². The molecule has 2 atom stereocenters. The third-order valence-corrected chi connectivity index (χ3v) is 5.96. The summed E-state index contributed by atoms with van der Waals surface area (Å²) in [6.45, 7) is 4.25. The number of likely N-dealkylation sites (tertiary alicyclic amines) is 1. The van der Waals surface area contributed by atoms with Crippen molar-refractivity contribution in [3.8, 4) is 0 Å². The first kappa shape index (κ1) is 15.3. The Balaban J connectivity index is 1.41. The van der Waals surface area contributed by atoms with Crippen LogP contribution in [0.1, 0.15) is 51.4 Å². The number of fused-ring (bicyclic) bond motifs is 2. The van der Waals surface area contributed by atoms with Crippen molar-refractivity contribution >= 4 is 5.91 Å². The summed E-state index contributed by atoms with van der Waals surface area (Å²) in [7, 11) is 0. The van der Waals surface area contributed by atoms with Crippen LogP contribution in [0.2, 0.25) is 0 Å². The lowest BCUT2D eigenvalue weighted by Gasteiger charge is -2.43. The topological polar surface area (TPSA) is 58.4 Å². The van der Waals surface area contributed by atoms with Crippen molar-refractivity contribution in [1.29, 1.82) is 0 Å². The molecule has 0 aromatic rings. The second kappa shape index (κ2) is 7.10. The highest BCUT2D eigenvalue weighted by Crippen LogP contribution is 2.41. The lowest BCUT2D eigenvalue weighted by molar-refractivity contribution is -0.127. The van der Waals surface area contributed by atoms with Gasteiger partial charge >= 0.3 is 0 Å². The summed E-state index contributed by atoms with van der Waals surface area (Å²) < 4.78 is 0. The maximum atomic E-state index is 12.4. The number of hydrogen-bond acceptors (Lipinski definition) is 3. The highest BCUT2D eigenvalue weighted by atomic mass is 16.1. The van der Waals surface area contributed by atoms with E-state index in [1.165, 1.54) is 51.6 Å². The molecule has 0 aromatic carbocycles. The third kappa shape index (κ3) is 3.78. The molecule has 2 aliphatic carbocycles. The molecule has 2 unspecified atom stereocenters. The molecule has 3 rings (SSSR count). The van der Waals surface area contributed by atoms with Crippen LogP contribution < -0.4 is 11.1 Å². The van der Waals surface area contributed by atoms with Gasteiger partial charge in [-0.05, 0) is 63.5 Å². The van der Waals surface area contributed by atoms with Crippen LogP contribution in [-0.4, -0.2) is 43.0 Å². The molecule has 4 nitrogen and oxygen atoms in total. The molecule has 4 heteroatoms. The molecule has 120 valence electrons. The van der Waals surface area contributed by atoms with Gasteiger partial charge in [0.1, 0.15) is 0 Å². The monoisotopic (exact) mass is 293 g/mol. The molecule has 1 saturated heterocycles. The predicted octanol–water partition coefficient (Wildman–Crippen LogP) is 1.74. The van der Waals surface area contributed by atoms with Gasteiger partial charge in [0.25, 0.3) is 0 Å². The number of carbonyl (C=O) groups is 1. The van der Waals surface area contributed by atoms with Gasteiger partial charge in [-0.25, -0.2) is 0 Å². The highest BCUT2D eigenvalue weighted by Gasteiger charge is 2.40. The minimum absolute atomic E-state index is 0.224. The number of nitrogens with two attached hydrogens (primary N) is 1. The molecule has 3 N–H and O–H groups in total. The van der Waals surface area contributed by atoms with Crippen LogP contribution in [0.4, 0.5) is 0 Å². The quantitative estimate of drug-likeness (QED) is 0.830. The van der Waals surface area contributed by atoms with Gasteiger partial charge in [-0.3, -0.25) is 4.79 Å². The molecule has 1 amide bonds. The Morgan fingerprint density at radius 3 is 2.38 bits per heavy atom. The van der Waals surface area contributed by atoms with Crippen molar-refractivity contribution in [2.75, 3.05) is 26.2 Å². The van der Waals surface area contributed by atoms with E-state index in [-0.39, 0.29) is 11.8 Å². The Hall–Kier alpha value is -0.610. The number of hydrogen-bond donors (Lipinski definition) is 2. The van der Waals surface area contributed by atoms with E-state index in [4.69, 9.17) is 5.73 Å². The van der Waals surface area contributed by atoms with E-state index in [1.54, 1.807) is 0 Å². The van der Waals surface area contributed by atoms with Crippen molar-refractivity contribution in [2.24, 2.45) is 23.5 Å². The Bertz CT molecular complexity index is 340. The van der Waals surface area contributed by atoms with E-state index in [0.717, 1.165) is 25.9 Å². The van der Waals surface area contributed by atoms with Crippen molar-refractivity contribution in [1.82, 2.24) is 10.2 Å². The van der Waals surface area contributed by atoms with Crippen LogP contribution in [0.15, 0.2) is 0 Å². The average molecular weight is 293 g/mol. The van der Waals surface area contributed by atoms with Gasteiger partial charge in [-0.1, -0.05) is 12.8 Å². The van der Waals surface area contributed by atoms with Gasteiger partial charge in [0.05, 0.1) is 0 Å². The zero-order valence-electron chi connectivity index (χ0n) is 13.2. The first-order valence-electron chi connectivity index (χ1n) is 8.99. The largest absolute Gasteiger partial charge is 0.355 e. The Kier molecular flexibility index (Phi) is 5.17. The van der Waals surface area contributed by atoms with Crippen molar-refractivity contribution in [3.05, 3.63) is 0 Å². The van der Waals surface area contributed by atoms with E-state index in [2.05, 4.69) is 10.2 Å². The second-order valence-corrected chi connectivity index (χ2v) is 7.39. The first-order valence-corrected chi connectivity index (χ1v) is 8.99. The maximum Gasteiger partial charge on any atom is 0.223 e. The summed E-state index contributed by atoms with van der Waals surface area (Å²) in [4.78, 5) is 14.9. The van der Waals surface area contributed by atoms with Crippen LogP contribution in [-0.2, 0) is 4.79 Å². The van der Waals surface area contributed by atoms with Gasteiger partial charge in [0, 0.05) is 25.0 Å². The fourth-order valence-corrected chi connectivity index (χ4v) is 4.67. The van der Waals surface area contributed by atoms with Gasteiger partial charge in [-0.2, -0.15) is 0 Å². The maximum absolute atomic E-state index is 12.4. The fraction of sp³-hybridized carbons (Fsp3) is 0.941. The molecule has 3 fully saturated rings. The van der Waals surface area contributed by atoms with E-state index in [0.29, 0.717) is 17.9 Å². The third-order valence-electron chi connectivity index (χ3n) is 5.96. The number of piperidine rings is 1. The van der Waals surface area contributed by atoms with Crippen LogP contribution >= 0.6 is 0 Å². The molecule has 0 radical (unpaired) electrons. The molecule has 2 saturated carbocycles. The van der Waals surface area contributed by atoms with Crippen LogP contribution in [0.25, 0.3) is 0 Å². The van der Waals surface area contributed by atoms with Gasteiger partial charge < -0.3 is 16.0 Å². The lowest BCUT2D eigenvalue weighted by atomic mass is 9.65. The van der Waals surface area contributed by atoms with Crippen molar-refractivity contribution < 1.29 is 4.79 Å². The molecule has 1 aliphatic heterocycles. The summed E-state index contributed by atoms with van der Waals surface area (Å²) >= 11 is 0. The number of nitrogens with zero attached hydrogens (tertiary/aromatic N) is 1. The molecule has 2 bridgehead atoms. The molecule has 1 heterocycles. The highest BCUT2D eigenvalue weighted by molar-refractivity contribution is 5.78. The SMILES string of the molecule is NC1C2CCCC1CC(C(=O)NCCN1CCCCC1)C2. The molecule has 21 heavy (non-hydrogen) atoms. The van der Waals surface area contributed by atoms with Crippen molar-refractivity contribution in [3.63, 3.8) is 0 Å².